The first-order chi connectivity index (χ1) is 7.74. The maximum atomic E-state index is 6.26. The molecule has 3 unspecified atom stereocenters. The van der Waals surface area contributed by atoms with Gasteiger partial charge in [-0.05, 0) is 18.4 Å². The van der Waals surface area contributed by atoms with Crippen molar-refractivity contribution in [1.29, 1.82) is 0 Å². The predicted octanol–water partition coefficient (Wildman–Crippen LogP) is 2.12. The van der Waals surface area contributed by atoms with Gasteiger partial charge in [-0.1, -0.05) is 25.1 Å². The lowest BCUT2D eigenvalue weighted by Gasteiger charge is -2.24. The molecule has 1 fully saturated rings. The van der Waals surface area contributed by atoms with E-state index >= 15 is 0 Å². The Morgan fingerprint density at radius 3 is 2.81 bits per heavy atom. The molecule has 0 saturated carbocycles. The third-order valence-electron chi connectivity index (χ3n) is 3.30. The van der Waals surface area contributed by atoms with E-state index in [-0.39, 0.29) is 12.1 Å². The molecule has 0 spiro atoms. The van der Waals surface area contributed by atoms with Gasteiger partial charge in [0.05, 0.1) is 19.3 Å². The molecule has 2 rings (SSSR count). The molecule has 0 aromatic heterocycles. The van der Waals surface area contributed by atoms with Gasteiger partial charge in [0.25, 0.3) is 0 Å². The second kappa shape index (κ2) is 4.85. The number of nitrogens with two attached hydrogens (primary N) is 1. The molecule has 16 heavy (non-hydrogen) atoms. The summed E-state index contributed by atoms with van der Waals surface area (Å²) in [6, 6.07) is 7.78. The van der Waals surface area contributed by atoms with E-state index in [4.69, 9.17) is 15.2 Å². The van der Waals surface area contributed by atoms with Crippen LogP contribution in [0.3, 0.4) is 0 Å². The van der Waals surface area contributed by atoms with Crippen molar-refractivity contribution in [2.24, 2.45) is 11.7 Å². The van der Waals surface area contributed by atoms with E-state index in [1.165, 1.54) is 0 Å². The van der Waals surface area contributed by atoms with E-state index < -0.39 is 0 Å². The Kier molecular flexibility index (Phi) is 3.46. The van der Waals surface area contributed by atoms with Crippen LogP contribution < -0.4 is 10.5 Å². The summed E-state index contributed by atoms with van der Waals surface area (Å²) in [6.45, 7) is 3.00. The minimum Gasteiger partial charge on any atom is -0.496 e. The van der Waals surface area contributed by atoms with E-state index in [0.717, 1.165) is 24.3 Å². The zero-order valence-corrected chi connectivity index (χ0v) is 9.85. The van der Waals surface area contributed by atoms with Crippen LogP contribution in [-0.2, 0) is 4.74 Å². The molecule has 0 radical (unpaired) electrons. The summed E-state index contributed by atoms with van der Waals surface area (Å²) in [5.41, 5.74) is 7.29. The van der Waals surface area contributed by atoms with Gasteiger partial charge in [0.15, 0.2) is 0 Å². The SMILES string of the molecule is COc1ccccc1C(N)C1OCCC1C. The van der Waals surface area contributed by atoms with Crippen molar-refractivity contribution >= 4 is 0 Å². The van der Waals surface area contributed by atoms with Crippen molar-refractivity contribution in [3.8, 4) is 5.75 Å². The molecule has 3 atom stereocenters. The molecule has 88 valence electrons. The third kappa shape index (κ3) is 2.06. The number of hydrogen-bond donors (Lipinski definition) is 1. The number of para-hydroxylation sites is 1. The monoisotopic (exact) mass is 221 g/mol. The lowest BCUT2D eigenvalue weighted by Crippen LogP contribution is -2.30. The highest BCUT2D eigenvalue weighted by molar-refractivity contribution is 5.36. The van der Waals surface area contributed by atoms with E-state index in [1.807, 2.05) is 24.3 Å². The van der Waals surface area contributed by atoms with Crippen molar-refractivity contribution in [1.82, 2.24) is 0 Å². The van der Waals surface area contributed by atoms with Crippen LogP contribution in [-0.4, -0.2) is 19.8 Å². The van der Waals surface area contributed by atoms with Gasteiger partial charge in [0, 0.05) is 12.2 Å². The molecular weight excluding hydrogens is 202 g/mol. The Morgan fingerprint density at radius 2 is 2.19 bits per heavy atom. The molecular formula is C13H19NO2. The molecule has 0 bridgehead atoms. The van der Waals surface area contributed by atoms with Crippen LogP contribution in [0.15, 0.2) is 24.3 Å². The average Bonchev–Trinajstić information content (AvgIpc) is 2.74. The smallest absolute Gasteiger partial charge is 0.123 e. The third-order valence-corrected chi connectivity index (χ3v) is 3.30. The van der Waals surface area contributed by atoms with Crippen molar-refractivity contribution < 1.29 is 9.47 Å². The molecule has 1 saturated heterocycles. The Hall–Kier alpha value is -1.06. The van der Waals surface area contributed by atoms with Gasteiger partial charge in [-0.2, -0.15) is 0 Å². The van der Waals surface area contributed by atoms with Gasteiger partial charge < -0.3 is 15.2 Å². The predicted molar refractivity (Wildman–Crippen MR) is 63.4 cm³/mol. The fourth-order valence-corrected chi connectivity index (χ4v) is 2.29. The van der Waals surface area contributed by atoms with Gasteiger partial charge in [0.1, 0.15) is 5.75 Å². The molecule has 2 N–H and O–H groups in total. The van der Waals surface area contributed by atoms with Gasteiger partial charge in [-0.25, -0.2) is 0 Å². The molecule has 1 aliphatic rings. The topological polar surface area (TPSA) is 44.5 Å². The lowest BCUT2D eigenvalue weighted by atomic mass is 9.93. The van der Waals surface area contributed by atoms with Crippen LogP contribution in [0.25, 0.3) is 0 Å². The molecule has 1 aromatic rings. The highest BCUT2D eigenvalue weighted by Crippen LogP contribution is 2.33. The van der Waals surface area contributed by atoms with Crippen LogP contribution in [0.1, 0.15) is 24.9 Å². The molecule has 3 nitrogen and oxygen atoms in total. The van der Waals surface area contributed by atoms with Crippen LogP contribution in [0.2, 0.25) is 0 Å². The summed E-state index contributed by atoms with van der Waals surface area (Å²) in [5, 5.41) is 0. The molecule has 1 aromatic carbocycles. The van der Waals surface area contributed by atoms with Crippen LogP contribution in [0, 0.1) is 5.92 Å². The van der Waals surface area contributed by atoms with Crippen molar-refractivity contribution in [2.45, 2.75) is 25.5 Å². The van der Waals surface area contributed by atoms with E-state index in [1.54, 1.807) is 7.11 Å². The maximum Gasteiger partial charge on any atom is 0.123 e. The van der Waals surface area contributed by atoms with Gasteiger partial charge >= 0.3 is 0 Å². The van der Waals surface area contributed by atoms with E-state index in [9.17, 15) is 0 Å². The minimum absolute atomic E-state index is 0.103. The molecule has 3 heteroatoms. The summed E-state index contributed by atoms with van der Waals surface area (Å²) in [7, 11) is 1.67. The molecule has 1 heterocycles. The van der Waals surface area contributed by atoms with Crippen LogP contribution >= 0.6 is 0 Å². The zero-order chi connectivity index (χ0) is 11.5. The minimum atomic E-state index is -0.103. The maximum absolute atomic E-state index is 6.26. The molecule has 1 aliphatic heterocycles. The van der Waals surface area contributed by atoms with Crippen molar-refractivity contribution in [3.05, 3.63) is 29.8 Å². The summed E-state index contributed by atoms with van der Waals surface area (Å²) < 4.78 is 11.0. The second-order valence-corrected chi connectivity index (χ2v) is 4.37. The Balaban J connectivity index is 2.22. The second-order valence-electron chi connectivity index (χ2n) is 4.37. The van der Waals surface area contributed by atoms with Crippen molar-refractivity contribution in [2.75, 3.05) is 13.7 Å². The highest BCUT2D eigenvalue weighted by Gasteiger charge is 2.31. The average molecular weight is 221 g/mol. The fraction of sp³-hybridized carbons (Fsp3) is 0.538. The number of methoxy groups -OCH3 is 1. The number of rotatable bonds is 3. The first-order valence-electron chi connectivity index (χ1n) is 5.74. The van der Waals surface area contributed by atoms with Crippen LogP contribution in [0.5, 0.6) is 5.75 Å². The summed E-state index contributed by atoms with van der Waals surface area (Å²) in [4.78, 5) is 0. The van der Waals surface area contributed by atoms with Gasteiger partial charge in [-0.3, -0.25) is 0 Å². The first kappa shape index (κ1) is 11.4. The first-order valence-corrected chi connectivity index (χ1v) is 5.74. The number of hydrogen-bond acceptors (Lipinski definition) is 3. The molecule has 0 aliphatic carbocycles. The zero-order valence-electron chi connectivity index (χ0n) is 9.85. The summed E-state index contributed by atoms with van der Waals surface area (Å²) in [6.07, 6.45) is 1.20. The molecule has 0 amide bonds. The largest absolute Gasteiger partial charge is 0.496 e. The highest BCUT2D eigenvalue weighted by atomic mass is 16.5. The van der Waals surface area contributed by atoms with E-state index in [0.29, 0.717) is 5.92 Å². The number of ether oxygens (including phenoxy) is 2. The van der Waals surface area contributed by atoms with E-state index in [2.05, 4.69) is 6.92 Å². The Bertz CT molecular complexity index is 354. The fourth-order valence-electron chi connectivity index (χ4n) is 2.29. The van der Waals surface area contributed by atoms with Crippen molar-refractivity contribution in [3.63, 3.8) is 0 Å². The lowest BCUT2D eigenvalue weighted by molar-refractivity contribution is 0.0718. The van der Waals surface area contributed by atoms with Crippen LogP contribution in [0.4, 0.5) is 0 Å². The summed E-state index contributed by atoms with van der Waals surface area (Å²) >= 11 is 0. The quantitative estimate of drug-likeness (QED) is 0.850. The van der Waals surface area contributed by atoms with Gasteiger partial charge in [-0.15, -0.1) is 0 Å². The Morgan fingerprint density at radius 1 is 1.44 bits per heavy atom. The number of benzene rings is 1. The van der Waals surface area contributed by atoms with Gasteiger partial charge in [0.2, 0.25) is 0 Å². The normalized spacial score (nSPS) is 26.7. The standard InChI is InChI=1S/C13H19NO2/c1-9-7-8-16-13(9)12(14)10-5-3-4-6-11(10)15-2/h3-6,9,12-13H,7-8,14H2,1-2H3. The summed E-state index contributed by atoms with van der Waals surface area (Å²) in [5.74, 6) is 1.36. The Labute approximate surface area is 96.5 Å².